The summed E-state index contributed by atoms with van der Waals surface area (Å²) in [6, 6.07) is 34.9. The molecule has 6 aliphatic heterocycles. The number of phenols is 1. The van der Waals surface area contributed by atoms with Crippen molar-refractivity contribution in [3.63, 3.8) is 0 Å². The highest BCUT2D eigenvalue weighted by Crippen LogP contribution is 2.47. The zero-order valence-corrected chi connectivity index (χ0v) is 47.9. The molecule has 18 nitrogen and oxygen atoms in total. The van der Waals surface area contributed by atoms with Crippen molar-refractivity contribution >= 4 is 46.8 Å². The fourth-order valence-electron chi connectivity index (χ4n) is 14.0. The number of ether oxygens (including phenoxy) is 1. The van der Waals surface area contributed by atoms with Crippen LogP contribution < -0.4 is 26.0 Å². The molecule has 0 saturated carbocycles. The number of hydrogen-bond acceptors (Lipinski definition) is 14. The van der Waals surface area contributed by atoms with Crippen LogP contribution in [0, 0.1) is 0 Å². The van der Waals surface area contributed by atoms with E-state index in [4.69, 9.17) is 4.74 Å². The van der Waals surface area contributed by atoms with Crippen molar-refractivity contribution in [1.29, 1.82) is 0 Å². The van der Waals surface area contributed by atoms with E-state index in [-0.39, 0.29) is 66.4 Å². The van der Waals surface area contributed by atoms with Crippen molar-refractivity contribution in [3.8, 4) is 11.5 Å². The van der Waals surface area contributed by atoms with Gasteiger partial charge in [0.05, 0.1) is 0 Å². The minimum Gasteiger partial charge on any atom is -0.508 e. The number of likely N-dealkylation sites (tertiary alicyclic amines) is 1. The fraction of sp³-hybridized carbons (Fsp3) is 0.455. The number of phenolic OH excluding ortho intramolecular Hbond substituents is 1. The Hall–Kier alpha value is -7.64. The summed E-state index contributed by atoms with van der Waals surface area (Å²) in [7, 11) is 0. The molecule has 5 aromatic carbocycles. The quantitative estimate of drug-likeness (QED) is 0.0394. The van der Waals surface area contributed by atoms with Crippen LogP contribution in [0.25, 0.3) is 0 Å². The number of carbonyl (C=O) groups is 6. The predicted molar refractivity (Wildman–Crippen MR) is 320 cm³/mol. The largest absolute Gasteiger partial charge is 0.508 e. The van der Waals surface area contributed by atoms with Crippen molar-refractivity contribution in [2.75, 3.05) is 95.8 Å². The van der Waals surface area contributed by atoms with Gasteiger partial charge in [-0.25, -0.2) is 0 Å². The summed E-state index contributed by atoms with van der Waals surface area (Å²) in [5, 5.41) is 23.2. The number of rotatable bonds is 21. The van der Waals surface area contributed by atoms with Gasteiger partial charge < -0.3 is 40.5 Å². The van der Waals surface area contributed by atoms with E-state index >= 15 is 4.79 Å². The Balaban J connectivity index is 0.694. The molecule has 0 bridgehead atoms. The van der Waals surface area contributed by atoms with Gasteiger partial charge in [-0.2, -0.15) is 0 Å². The van der Waals surface area contributed by atoms with Crippen LogP contribution in [-0.2, 0) is 38.7 Å². The third kappa shape index (κ3) is 12.4. The molecule has 6 amide bonds. The van der Waals surface area contributed by atoms with Gasteiger partial charge in [-0.3, -0.25) is 48.8 Å². The average Bonchev–Trinajstić information content (AvgIpc) is 4.17. The molecule has 3 unspecified atom stereocenters. The number of nitrogens with zero attached hydrogens (tertiary/aromatic N) is 6. The summed E-state index contributed by atoms with van der Waals surface area (Å²) in [6.45, 7) is 10.8. The van der Waals surface area contributed by atoms with Gasteiger partial charge in [-0.1, -0.05) is 48.5 Å². The Bertz CT molecular complexity index is 3240. The molecular weight excluding hydrogens is 1060 g/mol. The zero-order valence-electron chi connectivity index (χ0n) is 47.9. The van der Waals surface area contributed by atoms with Gasteiger partial charge in [0, 0.05) is 120 Å². The number of piperazine rings is 2. The second-order valence-corrected chi connectivity index (χ2v) is 23.7. The summed E-state index contributed by atoms with van der Waals surface area (Å²) in [4.78, 5) is 92.8. The average molecular weight is 1140 g/mol. The fourth-order valence-corrected chi connectivity index (χ4v) is 14.0. The minimum absolute atomic E-state index is 0.106. The molecule has 5 atom stereocenters. The number of aromatic hydroxyl groups is 1. The number of amides is 6. The molecule has 18 heteroatoms. The molecule has 5 N–H and O–H groups in total. The van der Waals surface area contributed by atoms with E-state index < -0.39 is 24.2 Å². The smallest absolute Gasteiger partial charge is 0.255 e. The third-order valence-corrected chi connectivity index (χ3v) is 18.5. The highest BCUT2D eigenvalue weighted by atomic mass is 16.5. The van der Waals surface area contributed by atoms with Crippen molar-refractivity contribution in [1.82, 2.24) is 40.0 Å². The number of unbranched alkanes of at least 4 members (excludes halogenated alkanes) is 2. The first kappa shape index (κ1) is 56.8. The van der Waals surface area contributed by atoms with Gasteiger partial charge in [0.1, 0.15) is 36.4 Å². The lowest BCUT2D eigenvalue weighted by atomic mass is 9.69. The Morgan fingerprint density at radius 2 is 1.26 bits per heavy atom. The Labute approximate surface area is 491 Å². The van der Waals surface area contributed by atoms with Crippen LogP contribution >= 0.6 is 0 Å². The molecule has 84 heavy (non-hydrogen) atoms. The van der Waals surface area contributed by atoms with Crippen molar-refractivity contribution in [3.05, 3.63) is 154 Å². The number of anilines is 2. The molecule has 4 saturated heterocycles. The number of nitrogens with one attached hydrogen (secondary N) is 4. The molecule has 12 rings (SSSR count). The molecule has 0 spiro atoms. The molecule has 0 radical (unpaired) electrons. The van der Waals surface area contributed by atoms with Crippen LogP contribution in [0.1, 0.15) is 124 Å². The van der Waals surface area contributed by atoms with Crippen LogP contribution in [0.4, 0.5) is 11.4 Å². The maximum Gasteiger partial charge on any atom is 0.255 e. The molecular formula is C66H78N10O8. The van der Waals surface area contributed by atoms with Crippen LogP contribution in [0.5, 0.6) is 11.5 Å². The molecule has 7 aliphatic rings. The van der Waals surface area contributed by atoms with Crippen LogP contribution in [0.15, 0.2) is 109 Å². The minimum atomic E-state index is -0.775. The molecule has 1 aliphatic carbocycles. The van der Waals surface area contributed by atoms with E-state index in [1.54, 1.807) is 21.9 Å². The summed E-state index contributed by atoms with van der Waals surface area (Å²) >= 11 is 0. The number of carbonyl (C=O) groups excluding carboxylic acids is 6. The normalized spacial score (nSPS) is 23.1. The van der Waals surface area contributed by atoms with E-state index in [1.807, 2.05) is 48.5 Å². The second-order valence-electron chi connectivity index (χ2n) is 23.7. The number of imide groups is 2. The SMILES string of the molecule is O=C1CCC(N2Cc3cc(NCCCCN4CCN(CCOc5ccc([C@@H]6c7ccc(O)cc7CC[C@@H]6c6ccccc6)cc5)C(N5C(=O)CCC(N6Cc7cc(NCCCCN8CCNCC8)ccc7C6=O)C5=O)C4)ccc3C2=O)C(=O)N1. The molecule has 5 aromatic rings. The first-order valence-electron chi connectivity index (χ1n) is 30.6. The van der Waals surface area contributed by atoms with Crippen molar-refractivity contribution in [2.45, 2.75) is 107 Å². The summed E-state index contributed by atoms with van der Waals surface area (Å²) in [6.07, 6.45) is 6.08. The van der Waals surface area contributed by atoms with E-state index in [1.165, 1.54) is 27.2 Å². The number of piperidine rings is 2. The van der Waals surface area contributed by atoms with E-state index in [2.05, 4.69) is 84.5 Å². The Kier molecular flexibility index (Phi) is 17.4. The lowest BCUT2D eigenvalue weighted by Gasteiger charge is -2.48. The van der Waals surface area contributed by atoms with Crippen LogP contribution in [0.2, 0.25) is 0 Å². The summed E-state index contributed by atoms with van der Waals surface area (Å²) in [5.41, 5.74) is 9.61. The Morgan fingerprint density at radius 1 is 0.595 bits per heavy atom. The summed E-state index contributed by atoms with van der Waals surface area (Å²) in [5.74, 6) is -0.300. The van der Waals surface area contributed by atoms with Gasteiger partial charge in [-0.05, 0) is 164 Å². The standard InChI is InChI=1S/C66H78N10O8/c77-51-15-21-54-46(40-51)12-18-53(44-8-2-1-3-9-44)62(54)45-10-16-52(17-11-45)84-37-36-73-35-34-72(31-7-5-27-69-49-13-19-55-47(38-49)41-74(64(55)81)57-22-24-59(78)70-63(57)80)43-60(73)76-61(79)25-23-58(66(76)83)75-42-48-39-50(14-20-56(48)65(75)82)68-26-4-6-30-71-32-28-67-29-33-71/h1-3,8-11,13-17,19-21,38-40,53,57-58,60,62,67-69,77H,4-7,12,18,22-37,41-43H2,(H,70,78,80)/t53-,57?,58?,60?,62+/m1/s1. The number of benzene rings is 5. The Morgan fingerprint density at radius 3 is 1.95 bits per heavy atom. The lowest BCUT2D eigenvalue weighted by Crippen LogP contribution is -2.67. The number of aryl methyl sites for hydroxylation is 1. The molecule has 4 fully saturated rings. The first-order chi connectivity index (χ1) is 41.0. The van der Waals surface area contributed by atoms with Crippen LogP contribution in [0.3, 0.4) is 0 Å². The topological polar surface area (TPSA) is 199 Å². The second kappa shape index (κ2) is 25.7. The number of fused-ring (bicyclic) bond motifs is 3. The molecule has 6 heterocycles. The van der Waals surface area contributed by atoms with Crippen molar-refractivity contribution in [2.24, 2.45) is 0 Å². The highest BCUT2D eigenvalue weighted by Gasteiger charge is 2.47. The lowest BCUT2D eigenvalue weighted by molar-refractivity contribution is -0.163. The van der Waals surface area contributed by atoms with E-state index in [0.717, 1.165) is 119 Å². The maximum atomic E-state index is 15.0. The highest BCUT2D eigenvalue weighted by molar-refractivity contribution is 6.07. The maximum absolute atomic E-state index is 15.0. The first-order valence-corrected chi connectivity index (χ1v) is 30.6. The van der Waals surface area contributed by atoms with Gasteiger partial charge in [0.2, 0.25) is 17.7 Å². The van der Waals surface area contributed by atoms with Gasteiger partial charge >= 0.3 is 0 Å². The van der Waals surface area contributed by atoms with Gasteiger partial charge in [0.15, 0.2) is 0 Å². The third-order valence-electron chi connectivity index (χ3n) is 18.5. The van der Waals surface area contributed by atoms with Crippen LogP contribution in [-0.4, -0.2) is 173 Å². The number of hydrogen-bond donors (Lipinski definition) is 5. The monoisotopic (exact) mass is 1140 g/mol. The predicted octanol–water partition coefficient (Wildman–Crippen LogP) is 6.50. The van der Waals surface area contributed by atoms with E-state index in [9.17, 15) is 29.1 Å². The van der Waals surface area contributed by atoms with Crippen molar-refractivity contribution < 1.29 is 38.6 Å². The summed E-state index contributed by atoms with van der Waals surface area (Å²) < 4.78 is 6.49. The zero-order chi connectivity index (χ0) is 57.7. The van der Waals surface area contributed by atoms with Gasteiger partial charge in [-0.15, -0.1) is 0 Å². The molecule has 440 valence electrons. The van der Waals surface area contributed by atoms with Gasteiger partial charge in [0.25, 0.3) is 17.7 Å². The molecule has 0 aromatic heterocycles. The van der Waals surface area contributed by atoms with E-state index in [0.29, 0.717) is 63.4 Å².